The Kier molecular flexibility index (Phi) is 3.77. The van der Waals surface area contributed by atoms with E-state index in [0.717, 1.165) is 5.39 Å². The summed E-state index contributed by atoms with van der Waals surface area (Å²) in [6, 6.07) is 3.62. The summed E-state index contributed by atoms with van der Waals surface area (Å²) < 4.78 is 17.9. The van der Waals surface area contributed by atoms with Crippen LogP contribution in [-0.2, 0) is 13.5 Å². The van der Waals surface area contributed by atoms with Gasteiger partial charge in [0.25, 0.3) is 5.56 Å². The number of nitrogens with zero attached hydrogens (tertiary/aromatic N) is 1. The molecule has 23 heavy (non-hydrogen) atoms. The standard InChI is InChI=1S/C17H19NO5/c1-9(2)12(19)7-11-15(21-4)10-5-6-13-16(23-8-22-13)14(10)18(3)17(11)20/h5-6,12,19H,1,7-8H2,2-4H3/t12-/m1/s1. The van der Waals surface area contributed by atoms with Gasteiger partial charge < -0.3 is 23.9 Å². The maximum Gasteiger partial charge on any atom is 0.257 e. The molecule has 1 N–H and O–H groups in total. The second kappa shape index (κ2) is 5.62. The van der Waals surface area contributed by atoms with Crippen molar-refractivity contribution < 1.29 is 19.3 Å². The number of aromatic nitrogens is 1. The first-order valence-corrected chi connectivity index (χ1v) is 7.27. The molecule has 0 aliphatic carbocycles. The van der Waals surface area contributed by atoms with E-state index in [9.17, 15) is 9.90 Å². The van der Waals surface area contributed by atoms with Crippen LogP contribution in [0.2, 0.25) is 0 Å². The second-order valence-corrected chi connectivity index (χ2v) is 5.64. The summed E-state index contributed by atoms with van der Waals surface area (Å²) in [4.78, 5) is 12.8. The van der Waals surface area contributed by atoms with Crippen LogP contribution in [0.25, 0.3) is 10.9 Å². The van der Waals surface area contributed by atoms with E-state index >= 15 is 0 Å². The van der Waals surface area contributed by atoms with Gasteiger partial charge >= 0.3 is 0 Å². The van der Waals surface area contributed by atoms with Gasteiger partial charge in [-0.25, -0.2) is 0 Å². The Morgan fingerprint density at radius 3 is 2.87 bits per heavy atom. The lowest BCUT2D eigenvalue weighted by molar-refractivity contribution is 0.174. The number of pyridine rings is 1. The third-order valence-corrected chi connectivity index (χ3v) is 4.10. The Morgan fingerprint density at radius 2 is 2.22 bits per heavy atom. The fourth-order valence-corrected chi connectivity index (χ4v) is 2.82. The van der Waals surface area contributed by atoms with Gasteiger partial charge in [0.15, 0.2) is 11.5 Å². The molecule has 1 atom stereocenters. The summed E-state index contributed by atoms with van der Waals surface area (Å²) in [6.07, 6.45) is -0.654. The van der Waals surface area contributed by atoms with Gasteiger partial charge in [-0.1, -0.05) is 12.2 Å². The van der Waals surface area contributed by atoms with Crippen LogP contribution in [0.1, 0.15) is 12.5 Å². The third kappa shape index (κ3) is 2.35. The topological polar surface area (TPSA) is 69.9 Å². The predicted octanol–water partition coefficient (Wildman–Crippen LogP) is 1.76. The Bertz CT molecular complexity index is 852. The van der Waals surface area contributed by atoms with Crippen LogP contribution in [0, 0.1) is 0 Å². The third-order valence-electron chi connectivity index (χ3n) is 4.10. The van der Waals surface area contributed by atoms with Crippen molar-refractivity contribution in [3.05, 3.63) is 40.2 Å². The van der Waals surface area contributed by atoms with Crippen LogP contribution in [0.4, 0.5) is 0 Å². The van der Waals surface area contributed by atoms with Gasteiger partial charge in [0.1, 0.15) is 11.3 Å². The highest BCUT2D eigenvalue weighted by Gasteiger charge is 2.25. The minimum atomic E-state index is -0.803. The van der Waals surface area contributed by atoms with Gasteiger partial charge in [0.2, 0.25) is 6.79 Å². The van der Waals surface area contributed by atoms with Crippen molar-refractivity contribution in [2.45, 2.75) is 19.4 Å². The summed E-state index contributed by atoms with van der Waals surface area (Å²) in [5.41, 5.74) is 1.39. The highest BCUT2D eigenvalue weighted by atomic mass is 16.7. The van der Waals surface area contributed by atoms with E-state index in [0.29, 0.717) is 33.9 Å². The maximum atomic E-state index is 12.8. The van der Waals surface area contributed by atoms with Crippen LogP contribution in [0.15, 0.2) is 29.1 Å². The lowest BCUT2D eigenvalue weighted by Gasteiger charge is -2.17. The lowest BCUT2D eigenvalue weighted by Crippen LogP contribution is -2.26. The molecule has 1 aliphatic rings. The SMILES string of the molecule is C=C(C)[C@H](O)Cc1c(OC)c2ccc3c(c2n(C)c1=O)OCO3. The summed E-state index contributed by atoms with van der Waals surface area (Å²) >= 11 is 0. The second-order valence-electron chi connectivity index (χ2n) is 5.64. The quantitative estimate of drug-likeness (QED) is 0.870. The van der Waals surface area contributed by atoms with Gasteiger partial charge in [0.05, 0.1) is 18.8 Å². The zero-order valence-corrected chi connectivity index (χ0v) is 13.4. The van der Waals surface area contributed by atoms with Gasteiger partial charge in [-0.15, -0.1) is 0 Å². The normalized spacial score (nSPS) is 14.1. The molecule has 1 aromatic carbocycles. The average Bonchev–Trinajstić information content (AvgIpc) is 3.00. The highest BCUT2D eigenvalue weighted by Crippen LogP contribution is 2.41. The van der Waals surface area contributed by atoms with Crippen molar-refractivity contribution in [2.75, 3.05) is 13.9 Å². The molecule has 2 heterocycles. The summed E-state index contributed by atoms with van der Waals surface area (Å²) in [7, 11) is 3.18. The van der Waals surface area contributed by atoms with Gasteiger partial charge in [0, 0.05) is 18.9 Å². The van der Waals surface area contributed by atoms with Gasteiger partial charge in [-0.3, -0.25) is 4.79 Å². The average molecular weight is 317 g/mol. The molecule has 3 rings (SSSR count). The Morgan fingerprint density at radius 1 is 1.48 bits per heavy atom. The summed E-state index contributed by atoms with van der Waals surface area (Å²) in [5, 5.41) is 10.8. The molecule has 122 valence electrons. The number of aliphatic hydroxyl groups excluding tert-OH is 1. The van der Waals surface area contributed by atoms with Crippen LogP contribution in [0.3, 0.4) is 0 Å². The summed E-state index contributed by atoms with van der Waals surface area (Å²) in [5.74, 6) is 1.58. The molecule has 0 bridgehead atoms. The first-order valence-electron chi connectivity index (χ1n) is 7.27. The zero-order valence-electron chi connectivity index (χ0n) is 13.4. The van der Waals surface area contributed by atoms with Crippen molar-refractivity contribution in [1.29, 1.82) is 0 Å². The van der Waals surface area contributed by atoms with Crippen molar-refractivity contribution in [3.8, 4) is 17.2 Å². The fraction of sp³-hybridized carbons (Fsp3) is 0.353. The van der Waals surface area contributed by atoms with E-state index in [1.807, 2.05) is 6.07 Å². The molecule has 0 saturated carbocycles. The maximum absolute atomic E-state index is 12.8. The lowest BCUT2D eigenvalue weighted by atomic mass is 10.0. The predicted molar refractivity (Wildman–Crippen MR) is 86.4 cm³/mol. The molecular weight excluding hydrogens is 298 g/mol. The van der Waals surface area contributed by atoms with Crippen LogP contribution >= 0.6 is 0 Å². The first-order chi connectivity index (χ1) is 11.0. The van der Waals surface area contributed by atoms with Crippen molar-refractivity contribution in [3.63, 3.8) is 0 Å². The molecule has 0 saturated heterocycles. The molecule has 6 heteroatoms. The first kappa shape index (κ1) is 15.4. The minimum Gasteiger partial charge on any atom is -0.496 e. The van der Waals surface area contributed by atoms with E-state index < -0.39 is 6.10 Å². The molecule has 0 spiro atoms. The van der Waals surface area contributed by atoms with Crippen molar-refractivity contribution in [1.82, 2.24) is 4.57 Å². The highest BCUT2D eigenvalue weighted by molar-refractivity contribution is 5.93. The molecular formula is C17H19NO5. The van der Waals surface area contributed by atoms with E-state index in [1.54, 1.807) is 20.0 Å². The number of hydrogen-bond donors (Lipinski definition) is 1. The van der Waals surface area contributed by atoms with Gasteiger partial charge in [-0.05, 0) is 19.1 Å². The molecule has 2 aromatic rings. The van der Waals surface area contributed by atoms with Crippen molar-refractivity contribution in [2.24, 2.45) is 7.05 Å². The monoisotopic (exact) mass is 317 g/mol. The molecule has 1 aliphatic heterocycles. The Labute approximate surface area is 133 Å². The van der Waals surface area contributed by atoms with E-state index in [4.69, 9.17) is 14.2 Å². The van der Waals surface area contributed by atoms with Crippen LogP contribution < -0.4 is 19.8 Å². The van der Waals surface area contributed by atoms with E-state index in [1.165, 1.54) is 11.7 Å². The minimum absolute atomic E-state index is 0.126. The Balaban J connectivity index is 2.31. The molecule has 1 aromatic heterocycles. The fourth-order valence-electron chi connectivity index (χ4n) is 2.82. The smallest absolute Gasteiger partial charge is 0.257 e. The molecule has 0 amide bonds. The number of fused-ring (bicyclic) bond motifs is 3. The number of methoxy groups -OCH3 is 1. The largest absolute Gasteiger partial charge is 0.496 e. The number of ether oxygens (including phenoxy) is 3. The molecule has 6 nitrogen and oxygen atoms in total. The molecule has 0 radical (unpaired) electrons. The Hall–Kier alpha value is -2.47. The van der Waals surface area contributed by atoms with Crippen molar-refractivity contribution >= 4 is 10.9 Å². The van der Waals surface area contributed by atoms with Crippen LogP contribution in [0.5, 0.6) is 17.2 Å². The van der Waals surface area contributed by atoms with E-state index in [-0.39, 0.29) is 18.8 Å². The van der Waals surface area contributed by atoms with Crippen LogP contribution in [-0.4, -0.2) is 29.7 Å². The molecule has 0 unspecified atom stereocenters. The molecule has 0 fully saturated rings. The number of hydrogen-bond acceptors (Lipinski definition) is 5. The number of benzene rings is 1. The van der Waals surface area contributed by atoms with E-state index in [2.05, 4.69) is 6.58 Å². The zero-order chi connectivity index (χ0) is 16.7. The van der Waals surface area contributed by atoms with Gasteiger partial charge in [-0.2, -0.15) is 0 Å². The summed E-state index contributed by atoms with van der Waals surface area (Å²) in [6.45, 7) is 5.58. The number of aryl methyl sites for hydroxylation is 1. The number of rotatable bonds is 4. The number of aliphatic hydroxyl groups is 1.